The maximum absolute atomic E-state index is 12.5. The summed E-state index contributed by atoms with van der Waals surface area (Å²) in [5, 5.41) is 3.41. The molecule has 0 saturated carbocycles. The highest BCUT2D eigenvalue weighted by atomic mass is 16.5. The van der Waals surface area contributed by atoms with Gasteiger partial charge in [0.15, 0.2) is 0 Å². The molecule has 0 aromatic carbocycles. The topological polar surface area (TPSA) is 41.6 Å². The molecule has 0 radical (unpaired) electrons. The molecule has 4 unspecified atom stereocenters. The third kappa shape index (κ3) is 2.20. The summed E-state index contributed by atoms with van der Waals surface area (Å²) in [6.45, 7) is 4.83. The fraction of sp³-hybridized carbons (Fsp3) is 0.923. The Morgan fingerprint density at radius 2 is 1.94 bits per heavy atom. The summed E-state index contributed by atoms with van der Waals surface area (Å²) in [4.78, 5) is 14.6. The number of nitrogens with zero attached hydrogens (tertiary/aromatic N) is 1. The van der Waals surface area contributed by atoms with Gasteiger partial charge in [-0.05, 0) is 39.2 Å². The summed E-state index contributed by atoms with van der Waals surface area (Å²) in [7, 11) is 0. The SMILES string of the molecule is CC1NCCCC1C(=O)N1CC2CCC(C1)O2. The molecule has 4 nitrogen and oxygen atoms in total. The number of piperidine rings is 1. The van der Waals surface area contributed by atoms with Gasteiger partial charge in [0.2, 0.25) is 5.91 Å². The van der Waals surface area contributed by atoms with Crippen LogP contribution in [0.1, 0.15) is 32.6 Å². The van der Waals surface area contributed by atoms with E-state index < -0.39 is 0 Å². The third-order valence-electron chi connectivity index (χ3n) is 4.43. The van der Waals surface area contributed by atoms with Crippen molar-refractivity contribution in [3.63, 3.8) is 0 Å². The third-order valence-corrected chi connectivity index (χ3v) is 4.43. The summed E-state index contributed by atoms with van der Waals surface area (Å²) in [6.07, 6.45) is 5.05. The number of carbonyl (C=O) groups is 1. The van der Waals surface area contributed by atoms with Gasteiger partial charge in [0.05, 0.1) is 18.1 Å². The van der Waals surface area contributed by atoms with Crippen molar-refractivity contribution in [2.45, 2.75) is 50.9 Å². The molecule has 3 fully saturated rings. The lowest BCUT2D eigenvalue weighted by Gasteiger charge is -2.37. The molecule has 3 rings (SSSR count). The van der Waals surface area contributed by atoms with Gasteiger partial charge in [0.25, 0.3) is 0 Å². The van der Waals surface area contributed by atoms with E-state index in [-0.39, 0.29) is 5.92 Å². The van der Waals surface area contributed by atoms with Crippen LogP contribution in [0.4, 0.5) is 0 Å². The predicted octanol–water partition coefficient (Wildman–Crippen LogP) is 0.764. The maximum atomic E-state index is 12.5. The number of amides is 1. The second kappa shape index (κ2) is 4.58. The minimum atomic E-state index is 0.182. The van der Waals surface area contributed by atoms with Crippen LogP contribution in [0.3, 0.4) is 0 Å². The lowest BCUT2D eigenvalue weighted by Crippen LogP contribution is -2.53. The molecule has 4 atom stereocenters. The van der Waals surface area contributed by atoms with Crippen molar-refractivity contribution in [3.8, 4) is 0 Å². The van der Waals surface area contributed by atoms with Gasteiger partial charge in [-0.1, -0.05) is 0 Å². The molecule has 0 aromatic heterocycles. The Morgan fingerprint density at radius 1 is 1.24 bits per heavy atom. The van der Waals surface area contributed by atoms with Crippen molar-refractivity contribution in [3.05, 3.63) is 0 Å². The monoisotopic (exact) mass is 238 g/mol. The molecule has 17 heavy (non-hydrogen) atoms. The average Bonchev–Trinajstić information content (AvgIpc) is 2.68. The van der Waals surface area contributed by atoms with Crippen LogP contribution in [0.25, 0.3) is 0 Å². The zero-order valence-corrected chi connectivity index (χ0v) is 10.5. The molecular weight excluding hydrogens is 216 g/mol. The molecule has 4 heteroatoms. The predicted molar refractivity (Wildman–Crippen MR) is 64.7 cm³/mol. The Morgan fingerprint density at radius 3 is 2.59 bits per heavy atom. The smallest absolute Gasteiger partial charge is 0.227 e. The van der Waals surface area contributed by atoms with Crippen LogP contribution < -0.4 is 5.32 Å². The van der Waals surface area contributed by atoms with Crippen molar-refractivity contribution in [1.82, 2.24) is 10.2 Å². The zero-order chi connectivity index (χ0) is 11.8. The van der Waals surface area contributed by atoms with E-state index in [0.29, 0.717) is 24.2 Å². The largest absolute Gasteiger partial charge is 0.371 e. The van der Waals surface area contributed by atoms with E-state index in [1.54, 1.807) is 0 Å². The minimum Gasteiger partial charge on any atom is -0.371 e. The Kier molecular flexibility index (Phi) is 3.09. The Balaban J connectivity index is 1.65. The first-order chi connectivity index (χ1) is 8.24. The van der Waals surface area contributed by atoms with E-state index in [2.05, 4.69) is 17.1 Å². The first-order valence-electron chi connectivity index (χ1n) is 6.91. The van der Waals surface area contributed by atoms with Gasteiger partial charge in [-0.3, -0.25) is 4.79 Å². The molecule has 3 aliphatic rings. The van der Waals surface area contributed by atoms with Gasteiger partial charge in [-0.15, -0.1) is 0 Å². The van der Waals surface area contributed by atoms with Crippen LogP contribution in [0.15, 0.2) is 0 Å². The Labute approximate surface area is 103 Å². The standard InChI is InChI=1S/C13H22N2O2/c1-9-12(3-2-6-14-9)13(16)15-7-10-4-5-11(8-15)17-10/h9-12,14H,2-8H2,1H3. The molecule has 0 aliphatic carbocycles. The molecule has 96 valence electrons. The zero-order valence-electron chi connectivity index (χ0n) is 10.5. The van der Waals surface area contributed by atoms with Crippen molar-refractivity contribution < 1.29 is 9.53 Å². The van der Waals surface area contributed by atoms with Gasteiger partial charge in [0.1, 0.15) is 0 Å². The summed E-state index contributed by atoms with van der Waals surface area (Å²) < 4.78 is 5.78. The summed E-state index contributed by atoms with van der Waals surface area (Å²) in [5.74, 6) is 0.533. The lowest BCUT2D eigenvalue weighted by molar-refractivity contribution is -0.145. The van der Waals surface area contributed by atoms with Gasteiger partial charge >= 0.3 is 0 Å². The van der Waals surface area contributed by atoms with Crippen LogP contribution >= 0.6 is 0 Å². The number of fused-ring (bicyclic) bond motifs is 2. The summed E-state index contributed by atoms with van der Waals surface area (Å²) in [5.41, 5.74) is 0. The molecule has 3 heterocycles. The van der Waals surface area contributed by atoms with Gasteiger partial charge in [0, 0.05) is 19.1 Å². The minimum absolute atomic E-state index is 0.182. The lowest BCUT2D eigenvalue weighted by atomic mass is 9.90. The maximum Gasteiger partial charge on any atom is 0.227 e. The molecule has 0 aromatic rings. The van der Waals surface area contributed by atoms with E-state index in [1.807, 2.05) is 0 Å². The van der Waals surface area contributed by atoms with E-state index in [4.69, 9.17) is 4.74 Å². The number of carbonyl (C=O) groups excluding carboxylic acids is 1. The van der Waals surface area contributed by atoms with Gasteiger partial charge < -0.3 is 15.0 Å². The first-order valence-corrected chi connectivity index (χ1v) is 6.91. The quantitative estimate of drug-likeness (QED) is 0.733. The molecule has 2 bridgehead atoms. The Hall–Kier alpha value is -0.610. The highest BCUT2D eigenvalue weighted by Gasteiger charge is 2.39. The number of ether oxygens (including phenoxy) is 1. The van der Waals surface area contributed by atoms with Crippen molar-refractivity contribution in [2.75, 3.05) is 19.6 Å². The van der Waals surface area contributed by atoms with Gasteiger partial charge in [-0.25, -0.2) is 0 Å². The van der Waals surface area contributed by atoms with E-state index in [0.717, 1.165) is 45.3 Å². The summed E-state index contributed by atoms with van der Waals surface area (Å²) >= 11 is 0. The van der Waals surface area contributed by atoms with Crippen LogP contribution in [-0.2, 0) is 9.53 Å². The van der Waals surface area contributed by atoms with E-state index in [1.165, 1.54) is 0 Å². The molecule has 3 aliphatic heterocycles. The normalized spacial score (nSPS) is 41.6. The highest BCUT2D eigenvalue weighted by Crippen LogP contribution is 2.28. The second-order valence-corrected chi connectivity index (χ2v) is 5.69. The van der Waals surface area contributed by atoms with Crippen molar-refractivity contribution in [2.24, 2.45) is 5.92 Å². The van der Waals surface area contributed by atoms with Crippen LogP contribution in [0.2, 0.25) is 0 Å². The number of hydrogen-bond acceptors (Lipinski definition) is 3. The van der Waals surface area contributed by atoms with Gasteiger partial charge in [-0.2, -0.15) is 0 Å². The molecule has 0 spiro atoms. The van der Waals surface area contributed by atoms with Crippen molar-refractivity contribution >= 4 is 5.91 Å². The van der Waals surface area contributed by atoms with Crippen LogP contribution in [0, 0.1) is 5.92 Å². The molecule has 1 N–H and O–H groups in total. The molecule has 1 amide bonds. The fourth-order valence-electron chi connectivity index (χ4n) is 3.41. The number of morpholine rings is 1. The average molecular weight is 238 g/mol. The molecular formula is C13H22N2O2. The van der Waals surface area contributed by atoms with E-state index in [9.17, 15) is 4.79 Å². The number of nitrogens with one attached hydrogen (secondary N) is 1. The molecule has 3 saturated heterocycles. The van der Waals surface area contributed by atoms with Crippen molar-refractivity contribution in [1.29, 1.82) is 0 Å². The second-order valence-electron chi connectivity index (χ2n) is 5.69. The summed E-state index contributed by atoms with van der Waals surface area (Å²) in [6, 6.07) is 0.330. The first kappa shape index (κ1) is 11.5. The van der Waals surface area contributed by atoms with E-state index >= 15 is 0 Å². The number of rotatable bonds is 1. The van der Waals surface area contributed by atoms with Crippen LogP contribution in [-0.4, -0.2) is 48.7 Å². The Bertz CT molecular complexity index is 296. The number of hydrogen-bond donors (Lipinski definition) is 1. The highest BCUT2D eigenvalue weighted by molar-refractivity contribution is 5.80. The van der Waals surface area contributed by atoms with Crippen LogP contribution in [0.5, 0.6) is 0 Å². The fourth-order valence-corrected chi connectivity index (χ4v) is 3.41. The number of likely N-dealkylation sites (tertiary alicyclic amines) is 1.